The molecule has 0 saturated heterocycles. The molecule has 0 aliphatic carbocycles. The van der Waals surface area contributed by atoms with E-state index in [1.807, 2.05) is 0 Å². The molecule has 0 saturated carbocycles. The van der Waals surface area contributed by atoms with Gasteiger partial charge in [0.25, 0.3) is 0 Å². The third-order valence-corrected chi connectivity index (χ3v) is 3.56. The van der Waals surface area contributed by atoms with E-state index in [4.69, 9.17) is 0 Å². The van der Waals surface area contributed by atoms with Gasteiger partial charge in [0.2, 0.25) is 0 Å². The van der Waals surface area contributed by atoms with Gasteiger partial charge in [-0.25, -0.2) is 0 Å². The van der Waals surface area contributed by atoms with Crippen LogP contribution in [0.2, 0.25) is 0 Å². The van der Waals surface area contributed by atoms with Gasteiger partial charge in [-0.3, -0.25) is 0 Å². The fourth-order valence-electron chi connectivity index (χ4n) is 2.51. The molecule has 1 aliphatic rings. The van der Waals surface area contributed by atoms with E-state index in [-0.39, 0.29) is 11.3 Å². The summed E-state index contributed by atoms with van der Waals surface area (Å²) >= 11 is 0. The number of benzene rings is 1. The Bertz CT molecular complexity index is 443. The first-order chi connectivity index (χ1) is 8.19. The lowest BCUT2D eigenvalue weighted by atomic mass is 9.73. The van der Waals surface area contributed by atoms with Crippen molar-refractivity contribution in [2.45, 2.75) is 39.4 Å². The van der Waals surface area contributed by atoms with Gasteiger partial charge >= 0.3 is 6.18 Å². The number of rotatable bonds is 0. The molecule has 1 atom stereocenters. The van der Waals surface area contributed by atoms with Crippen molar-refractivity contribution in [1.29, 1.82) is 0 Å². The van der Waals surface area contributed by atoms with E-state index in [1.165, 1.54) is 12.1 Å². The van der Waals surface area contributed by atoms with Gasteiger partial charge in [-0.05, 0) is 28.7 Å². The average Bonchev–Trinajstić information content (AvgIpc) is 2.25. The molecule has 1 N–H and O–H groups in total. The van der Waals surface area contributed by atoms with Crippen LogP contribution in [0.25, 0.3) is 0 Å². The second-order valence-corrected chi connectivity index (χ2v) is 5.96. The monoisotopic (exact) mass is 257 g/mol. The number of alkyl halides is 3. The van der Waals surface area contributed by atoms with Gasteiger partial charge in [-0.15, -0.1) is 0 Å². The lowest BCUT2D eigenvalue weighted by Crippen LogP contribution is -2.35. The third-order valence-electron chi connectivity index (χ3n) is 3.56. The van der Waals surface area contributed by atoms with Crippen molar-refractivity contribution in [2.75, 3.05) is 6.54 Å². The molecular formula is C14H18F3N. The van der Waals surface area contributed by atoms with Crippen LogP contribution in [0.3, 0.4) is 0 Å². The molecule has 0 aromatic heterocycles. The maximum absolute atomic E-state index is 12.7. The maximum atomic E-state index is 12.7. The number of halogens is 3. The number of nitrogens with one attached hydrogen (secondary N) is 1. The highest BCUT2D eigenvalue weighted by Crippen LogP contribution is 2.40. The summed E-state index contributed by atoms with van der Waals surface area (Å²) in [6, 6.07) is 4.12. The Balaban J connectivity index is 2.43. The zero-order valence-electron chi connectivity index (χ0n) is 10.9. The molecule has 0 fully saturated rings. The van der Waals surface area contributed by atoms with Crippen LogP contribution in [-0.2, 0) is 12.7 Å². The minimum absolute atomic E-state index is 0.0436. The van der Waals surface area contributed by atoms with Crippen molar-refractivity contribution in [3.05, 3.63) is 34.9 Å². The normalized spacial score (nSPS) is 20.7. The van der Waals surface area contributed by atoms with Gasteiger partial charge in [0.05, 0.1) is 5.56 Å². The minimum Gasteiger partial charge on any atom is -0.312 e. The lowest BCUT2D eigenvalue weighted by Gasteiger charge is -2.36. The van der Waals surface area contributed by atoms with Crippen LogP contribution in [0, 0.1) is 5.41 Å². The molecule has 1 nitrogen and oxygen atoms in total. The Hall–Kier alpha value is -1.03. The molecule has 1 unspecified atom stereocenters. The highest BCUT2D eigenvalue weighted by molar-refractivity contribution is 5.38. The van der Waals surface area contributed by atoms with Gasteiger partial charge < -0.3 is 5.32 Å². The second-order valence-electron chi connectivity index (χ2n) is 5.96. The Labute approximate surface area is 105 Å². The molecule has 0 spiro atoms. The van der Waals surface area contributed by atoms with Crippen LogP contribution in [0.5, 0.6) is 0 Å². The van der Waals surface area contributed by atoms with E-state index in [0.717, 1.165) is 17.7 Å². The Morgan fingerprint density at radius 2 is 1.83 bits per heavy atom. The Morgan fingerprint density at radius 1 is 1.17 bits per heavy atom. The van der Waals surface area contributed by atoms with Crippen molar-refractivity contribution >= 4 is 0 Å². The number of hydrogen-bond donors (Lipinski definition) is 1. The first-order valence-corrected chi connectivity index (χ1v) is 6.10. The van der Waals surface area contributed by atoms with Crippen LogP contribution >= 0.6 is 0 Å². The van der Waals surface area contributed by atoms with Crippen molar-refractivity contribution in [3.8, 4) is 0 Å². The molecule has 0 radical (unpaired) electrons. The lowest BCUT2D eigenvalue weighted by molar-refractivity contribution is -0.137. The standard InChI is InChI=1S/C14H18F3N/c1-13(2,3)12-8-18-7-9-6-10(14(15,16)17)4-5-11(9)12/h4-6,12,18H,7-8H2,1-3H3. The highest BCUT2D eigenvalue weighted by Gasteiger charge is 2.34. The first kappa shape index (κ1) is 13.4. The predicted octanol–water partition coefficient (Wildman–Crippen LogP) is 3.94. The van der Waals surface area contributed by atoms with Gasteiger partial charge in [0.15, 0.2) is 0 Å². The largest absolute Gasteiger partial charge is 0.416 e. The fourth-order valence-corrected chi connectivity index (χ4v) is 2.51. The number of hydrogen-bond acceptors (Lipinski definition) is 1. The van der Waals surface area contributed by atoms with Gasteiger partial charge in [0.1, 0.15) is 0 Å². The molecule has 18 heavy (non-hydrogen) atoms. The van der Waals surface area contributed by atoms with Crippen LogP contribution in [-0.4, -0.2) is 6.54 Å². The zero-order chi connectivity index (χ0) is 13.6. The van der Waals surface area contributed by atoms with E-state index in [2.05, 4.69) is 26.1 Å². The molecule has 4 heteroatoms. The molecular weight excluding hydrogens is 239 g/mol. The minimum atomic E-state index is -4.26. The fraction of sp³-hybridized carbons (Fsp3) is 0.571. The smallest absolute Gasteiger partial charge is 0.312 e. The molecule has 0 amide bonds. The van der Waals surface area contributed by atoms with Crippen molar-refractivity contribution in [2.24, 2.45) is 5.41 Å². The van der Waals surface area contributed by atoms with Gasteiger partial charge in [0, 0.05) is 19.0 Å². The average molecular weight is 257 g/mol. The second kappa shape index (κ2) is 4.26. The van der Waals surface area contributed by atoms with Gasteiger partial charge in [-0.1, -0.05) is 26.8 Å². The van der Waals surface area contributed by atoms with E-state index in [0.29, 0.717) is 6.54 Å². The molecule has 100 valence electrons. The number of fused-ring (bicyclic) bond motifs is 1. The summed E-state index contributed by atoms with van der Waals surface area (Å²) in [5.41, 5.74) is 1.31. The van der Waals surface area contributed by atoms with E-state index < -0.39 is 11.7 Å². The van der Waals surface area contributed by atoms with Crippen molar-refractivity contribution in [3.63, 3.8) is 0 Å². The van der Waals surface area contributed by atoms with Crippen LogP contribution in [0.4, 0.5) is 13.2 Å². The maximum Gasteiger partial charge on any atom is 0.416 e. The third kappa shape index (κ3) is 2.53. The Kier molecular flexibility index (Phi) is 3.18. The van der Waals surface area contributed by atoms with E-state index in [1.54, 1.807) is 6.07 Å². The van der Waals surface area contributed by atoms with Crippen LogP contribution in [0.15, 0.2) is 18.2 Å². The highest BCUT2D eigenvalue weighted by atomic mass is 19.4. The van der Waals surface area contributed by atoms with Crippen LogP contribution in [0.1, 0.15) is 43.4 Å². The molecule has 1 heterocycles. The predicted molar refractivity (Wildman–Crippen MR) is 65.3 cm³/mol. The van der Waals surface area contributed by atoms with Crippen molar-refractivity contribution < 1.29 is 13.2 Å². The first-order valence-electron chi connectivity index (χ1n) is 6.10. The van der Waals surface area contributed by atoms with E-state index in [9.17, 15) is 13.2 Å². The molecule has 1 aromatic carbocycles. The van der Waals surface area contributed by atoms with Gasteiger partial charge in [-0.2, -0.15) is 13.2 Å². The SMILES string of the molecule is CC(C)(C)C1CNCc2cc(C(F)(F)F)ccc21. The summed E-state index contributed by atoms with van der Waals surface area (Å²) in [4.78, 5) is 0. The summed E-state index contributed by atoms with van der Waals surface area (Å²) in [6.07, 6.45) is -4.26. The molecule has 2 rings (SSSR count). The summed E-state index contributed by atoms with van der Waals surface area (Å²) < 4.78 is 38.0. The van der Waals surface area contributed by atoms with Crippen LogP contribution < -0.4 is 5.32 Å². The summed E-state index contributed by atoms with van der Waals surface area (Å²) in [6.45, 7) is 7.69. The Morgan fingerprint density at radius 3 is 2.39 bits per heavy atom. The summed E-state index contributed by atoms with van der Waals surface area (Å²) in [7, 11) is 0. The topological polar surface area (TPSA) is 12.0 Å². The quantitative estimate of drug-likeness (QED) is 0.742. The van der Waals surface area contributed by atoms with E-state index >= 15 is 0 Å². The summed E-state index contributed by atoms with van der Waals surface area (Å²) in [5, 5.41) is 3.21. The van der Waals surface area contributed by atoms with Crippen molar-refractivity contribution in [1.82, 2.24) is 5.32 Å². The molecule has 1 aliphatic heterocycles. The molecule has 0 bridgehead atoms. The molecule has 1 aromatic rings. The summed E-state index contributed by atoms with van der Waals surface area (Å²) in [5.74, 6) is 0.253. The zero-order valence-corrected chi connectivity index (χ0v) is 10.9.